The first-order valence-electron chi connectivity index (χ1n) is 15.9. The molecule has 0 aliphatic heterocycles. The van der Waals surface area contributed by atoms with Crippen molar-refractivity contribution in [3.8, 4) is 50.7 Å². The average molecular weight is 590 g/mol. The van der Waals surface area contributed by atoms with Crippen molar-refractivity contribution in [3.05, 3.63) is 163 Å². The molecule has 2 heterocycles. The van der Waals surface area contributed by atoms with Crippen LogP contribution >= 0.6 is 0 Å². The van der Waals surface area contributed by atoms with Gasteiger partial charge in [-0.25, -0.2) is 9.97 Å². The van der Waals surface area contributed by atoms with Crippen molar-refractivity contribution < 1.29 is 0 Å². The molecule has 46 heavy (non-hydrogen) atoms. The van der Waals surface area contributed by atoms with Crippen molar-refractivity contribution in [2.24, 2.45) is 0 Å². The molecule has 3 heteroatoms. The van der Waals surface area contributed by atoms with Crippen molar-refractivity contribution in [1.82, 2.24) is 14.5 Å². The van der Waals surface area contributed by atoms with Gasteiger partial charge >= 0.3 is 0 Å². The van der Waals surface area contributed by atoms with Crippen LogP contribution in [0.1, 0.15) is 25.0 Å². The minimum absolute atomic E-state index is 0.246. The third-order valence-corrected chi connectivity index (χ3v) is 9.60. The van der Waals surface area contributed by atoms with Crippen LogP contribution in [-0.2, 0) is 5.41 Å². The molecule has 0 saturated heterocycles. The molecule has 0 spiro atoms. The zero-order chi connectivity index (χ0) is 30.8. The zero-order valence-electron chi connectivity index (χ0n) is 25.8. The number of nitrogens with zero attached hydrogens (tertiary/aromatic N) is 3. The Hall–Kier alpha value is -5.80. The van der Waals surface area contributed by atoms with Gasteiger partial charge in [0.15, 0.2) is 5.82 Å². The van der Waals surface area contributed by atoms with E-state index in [0.29, 0.717) is 0 Å². The molecule has 1 aliphatic rings. The van der Waals surface area contributed by atoms with E-state index in [4.69, 9.17) is 9.97 Å². The minimum atomic E-state index is -0.246. The average Bonchev–Trinajstić information content (AvgIpc) is 3.57. The zero-order valence-corrected chi connectivity index (χ0v) is 25.8. The highest BCUT2D eigenvalue weighted by Crippen LogP contribution is 2.52. The van der Waals surface area contributed by atoms with Crippen LogP contribution in [0.15, 0.2) is 152 Å². The van der Waals surface area contributed by atoms with Crippen LogP contribution in [0.2, 0.25) is 0 Å². The number of aromatic nitrogens is 3. The number of benzene rings is 6. The van der Waals surface area contributed by atoms with Crippen LogP contribution in [0.25, 0.3) is 72.5 Å². The molecule has 0 amide bonds. The third-order valence-electron chi connectivity index (χ3n) is 9.60. The van der Waals surface area contributed by atoms with Crippen LogP contribution < -0.4 is 0 Å². The van der Waals surface area contributed by atoms with E-state index in [9.17, 15) is 0 Å². The second kappa shape index (κ2) is 10.1. The Kier molecular flexibility index (Phi) is 5.85. The van der Waals surface area contributed by atoms with E-state index in [1.807, 2.05) is 18.2 Å². The Bertz CT molecular complexity index is 2370. The topological polar surface area (TPSA) is 30.7 Å². The molecule has 218 valence electrons. The Labute approximate surface area is 268 Å². The monoisotopic (exact) mass is 589 g/mol. The van der Waals surface area contributed by atoms with Gasteiger partial charge in [-0.3, -0.25) is 0 Å². The summed E-state index contributed by atoms with van der Waals surface area (Å²) < 4.78 is 2.36. The number of rotatable bonds is 4. The molecule has 8 aromatic rings. The van der Waals surface area contributed by atoms with E-state index in [1.54, 1.807) is 0 Å². The molecule has 2 aromatic heterocycles. The highest BCUT2D eigenvalue weighted by atomic mass is 15.0. The normalized spacial score (nSPS) is 13.2. The van der Waals surface area contributed by atoms with Gasteiger partial charge in [0.05, 0.1) is 22.4 Å². The van der Waals surface area contributed by atoms with Gasteiger partial charge < -0.3 is 4.57 Å². The Morgan fingerprint density at radius 3 is 1.67 bits per heavy atom. The SMILES string of the molecule is CC1(C)c2ccc(-c3ccc(-n4c5ccccc5c5ccccc54)cc3)cc2-c2nc(-c3ccccc3)nc(-c3ccccc3)c21. The van der Waals surface area contributed by atoms with Gasteiger partial charge in [-0.1, -0.05) is 135 Å². The number of para-hydroxylation sites is 2. The van der Waals surface area contributed by atoms with Gasteiger partial charge in [-0.15, -0.1) is 0 Å². The summed E-state index contributed by atoms with van der Waals surface area (Å²) in [6.45, 7) is 4.60. The maximum atomic E-state index is 5.27. The maximum absolute atomic E-state index is 5.27. The summed E-state index contributed by atoms with van der Waals surface area (Å²) in [6, 6.07) is 54.0. The second-order valence-corrected chi connectivity index (χ2v) is 12.7. The maximum Gasteiger partial charge on any atom is 0.160 e. The summed E-state index contributed by atoms with van der Waals surface area (Å²) in [5.41, 5.74) is 13.5. The van der Waals surface area contributed by atoms with E-state index in [1.165, 1.54) is 49.6 Å². The van der Waals surface area contributed by atoms with Crippen LogP contribution in [-0.4, -0.2) is 14.5 Å². The second-order valence-electron chi connectivity index (χ2n) is 12.7. The summed E-state index contributed by atoms with van der Waals surface area (Å²) >= 11 is 0. The molecule has 0 fully saturated rings. The fourth-order valence-electron chi connectivity index (χ4n) is 7.37. The predicted molar refractivity (Wildman–Crippen MR) is 190 cm³/mol. The van der Waals surface area contributed by atoms with Crippen molar-refractivity contribution in [3.63, 3.8) is 0 Å². The van der Waals surface area contributed by atoms with E-state index in [2.05, 4.69) is 152 Å². The lowest BCUT2D eigenvalue weighted by Gasteiger charge is -2.24. The van der Waals surface area contributed by atoms with E-state index < -0.39 is 0 Å². The molecule has 0 bridgehead atoms. The number of hydrogen-bond donors (Lipinski definition) is 0. The summed E-state index contributed by atoms with van der Waals surface area (Å²) in [5, 5.41) is 2.54. The first-order chi connectivity index (χ1) is 22.6. The Morgan fingerprint density at radius 1 is 0.478 bits per heavy atom. The highest BCUT2D eigenvalue weighted by Gasteiger charge is 2.40. The standard InChI is InChI=1S/C43H31N3/c1-43(2)36-26-23-31(28-21-24-32(25-22-28)46-37-19-11-9-17-33(37)34-18-10-12-20-38(34)46)27-35(36)41-39(43)40(29-13-5-3-6-14-29)44-42(45-41)30-15-7-4-8-16-30/h3-27H,1-2H3. The number of fused-ring (bicyclic) bond motifs is 6. The number of hydrogen-bond acceptors (Lipinski definition) is 2. The minimum Gasteiger partial charge on any atom is -0.309 e. The van der Waals surface area contributed by atoms with Crippen molar-refractivity contribution in [1.29, 1.82) is 0 Å². The lowest BCUT2D eigenvalue weighted by molar-refractivity contribution is 0.658. The smallest absolute Gasteiger partial charge is 0.160 e. The molecule has 0 N–H and O–H groups in total. The first kappa shape index (κ1) is 26.6. The van der Waals surface area contributed by atoms with Crippen LogP contribution in [0, 0.1) is 0 Å². The van der Waals surface area contributed by atoms with Crippen molar-refractivity contribution >= 4 is 21.8 Å². The lowest BCUT2D eigenvalue weighted by atomic mass is 9.80. The van der Waals surface area contributed by atoms with Crippen LogP contribution in [0.3, 0.4) is 0 Å². The van der Waals surface area contributed by atoms with Gasteiger partial charge in [0.2, 0.25) is 0 Å². The molecular formula is C43H31N3. The quantitative estimate of drug-likeness (QED) is 0.204. The summed E-state index contributed by atoms with van der Waals surface area (Å²) in [7, 11) is 0. The molecule has 0 saturated carbocycles. The molecule has 1 aliphatic carbocycles. The van der Waals surface area contributed by atoms with Gasteiger partial charge in [-0.2, -0.15) is 0 Å². The largest absolute Gasteiger partial charge is 0.309 e. The molecule has 6 aromatic carbocycles. The van der Waals surface area contributed by atoms with Crippen molar-refractivity contribution in [2.45, 2.75) is 19.3 Å². The summed E-state index contributed by atoms with van der Waals surface area (Å²) in [6.07, 6.45) is 0. The van der Waals surface area contributed by atoms with Gasteiger partial charge in [-0.05, 0) is 47.0 Å². The van der Waals surface area contributed by atoms with Gasteiger partial charge in [0.1, 0.15) is 0 Å². The van der Waals surface area contributed by atoms with E-state index in [0.717, 1.165) is 34.0 Å². The summed E-state index contributed by atoms with van der Waals surface area (Å²) in [4.78, 5) is 10.5. The summed E-state index contributed by atoms with van der Waals surface area (Å²) in [5.74, 6) is 0.753. The molecule has 9 rings (SSSR count). The molecule has 0 unspecified atom stereocenters. The highest BCUT2D eigenvalue weighted by molar-refractivity contribution is 6.09. The van der Waals surface area contributed by atoms with Crippen LogP contribution in [0.4, 0.5) is 0 Å². The molecule has 0 radical (unpaired) electrons. The molecule has 3 nitrogen and oxygen atoms in total. The molecular weight excluding hydrogens is 558 g/mol. The lowest BCUT2D eigenvalue weighted by Crippen LogP contribution is -2.17. The third kappa shape index (κ3) is 3.98. The Balaban J connectivity index is 1.19. The van der Waals surface area contributed by atoms with E-state index in [-0.39, 0.29) is 5.41 Å². The van der Waals surface area contributed by atoms with Crippen molar-refractivity contribution in [2.75, 3.05) is 0 Å². The van der Waals surface area contributed by atoms with Gasteiger partial charge in [0.25, 0.3) is 0 Å². The Morgan fingerprint density at radius 2 is 1.02 bits per heavy atom. The fourth-order valence-corrected chi connectivity index (χ4v) is 7.37. The van der Waals surface area contributed by atoms with E-state index >= 15 is 0 Å². The molecule has 0 atom stereocenters. The first-order valence-corrected chi connectivity index (χ1v) is 15.9. The van der Waals surface area contributed by atoms with Gasteiger partial charge in [0, 0.05) is 44.1 Å². The predicted octanol–water partition coefficient (Wildman–Crippen LogP) is 10.9. The fraction of sp³-hybridized carbons (Fsp3) is 0.0698. The van der Waals surface area contributed by atoms with Crippen LogP contribution in [0.5, 0.6) is 0 Å².